The molecule has 270 valence electrons. The molecule has 0 aromatic heterocycles. The number of carbonyl (C=O) groups is 2. The number of ether oxygens (including phenoxy) is 2. The molecule has 51 heavy (non-hydrogen) atoms. The van der Waals surface area contributed by atoms with Gasteiger partial charge in [0.2, 0.25) is 0 Å². The predicted octanol–water partition coefficient (Wildman–Crippen LogP) is 10.1. The fraction of sp³-hybridized carbons (Fsp3) is 0.235. The van der Waals surface area contributed by atoms with E-state index < -0.39 is 99.9 Å². The van der Waals surface area contributed by atoms with Crippen molar-refractivity contribution in [3.8, 4) is 28.0 Å². The summed E-state index contributed by atoms with van der Waals surface area (Å²) in [6.45, 7) is 0.453. The molecule has 0 saturated carbocycles. The molecule has 0 bridgehead atoms. The van der Waals surface area contributed by atoms with Crippen molar-refractivity contribution in [3.05, 3.63) is 112 Å². The maximum Gasteiger partial charge on any atom is 0.416 e. The number of carbonyl (C=O) groups excluding carboxylic acids is 1. The lowest BCUT2D eigenvalue weighted by atomic mass is 9.92. The number of carboxylic acids is 1. The Labute approximate surface area is 280 Å². The van der Waals surface area contributed by atoms with E-state index >= 15 is 8.78 Å². The van der Waals surface area contributed by atoms with E-state index in [4.69, 9.17) is 14.6 Å². The van der Waals surface area contributed by atoms with Crippen molar-refractivity contribution in [2.75, 3.05) is 7.11 Å². The number of carboxylic acid groups (broad SMARTS) is 1. The van der Waals surface area contributed by atoms with Crippen molar-refractivity contribution in [3.63, 3.8) is 0 Å². The summed E-state index contributed by atoms with van der Waals surface area (Å²) >= 11 is 0. The van der Waals surface area contributed by atoms with Gasteiger partial charge in [0, 0.05) is 22.8 Å². The SMILES string of the molecule is COc1cc(F)c(-c2ccc(C(=O)O)cc2F)cc1-c1ccc(C(F)(F)F)cc1CN1C(=O)O[C@H](c2cc(C(F)(F)F)cc(C(F)(F)F)c2)[C@@H]1C. The smallest absolute Gasteiger partial charge is 0.416 e. The minimum absolute atomic E-state index is 0.117. The second-order valence-corrected chi connectivity index (χ2v) is 11.4. The second kappa shape index (κ2) is 13.1. The summed E-state index contributed by atoms with van der Waals surface area (Å²) < 4.78 is 164. The molecule has 4 aromatic rings. The fourth-order valence-corrected chi connectivity index (χ4v) is 5.66. The van der Waals surface area contributed by atoms with Gasteiger partial charge in [0.15, 0.2) is 0 Å². The number of methoxy groups -OCH3 is 1. The van der Waals surface area contributed by atoms with Crippen LogP contribution in [0.3, 0.4) is 0 Å². The Hall–Kier alpha value is -5.35. The first-order valence-corrected chi connectivity index (χ1v) is 14.5. The number of hydrogen-bond acceptors (Lipinski definition) is 4. The monoisotopic (exact) mass is 733 g/mol. The minimum atomic E-state index is -5.22. The van der Waals surface area contributed by atoms with E-state index in [0.29, 0.717) is 30.3 Å². The largest absolute Gasteiger partial charge is 0.496 e. The van der Waals surface area contributed by atoms with Crippen molar-refractivity contribution in [1.82, 2.24) is 4.90 Å². The van der Waals surface area contributed by atoms with E-state index in [1.165, 1.54) is 6.92 Å². The van der Waals surface area contributed by atoms with Crippen LogP contribution in [0.4, 0.5) is 53.1 Å². The van der Waals surface area contributed by atoms with E-state index in [1.807, 2.05) is 0 Å². The molecule has 0 spiro atoms. The third-order valence-electron chi connectivity index (χ3n) is 8.19. The van der Waals surface area contributed by atoms with Gasteiger partial charge in [-0.3, -0.25) is 4.90 Å². The molecule has 1 aliphatic rings. The Balaban J connectivity index is 1.62. The highest BCUT2D eigenvalue weighted by molar-refractivity contribution is 5.89. The van der Waals surface area contributed by atoms with Gasteiger partial charge in [-0.05, 0) is 72.1 Å². The number of benzene rings is 4. The zero-order valence-corrected chi connectivity index (χ0v) is 25.9. The molecule has 0 aliphatic carbocycles. The number of aromatic carboxylic acids is 1. The Kier molecular flexibility index (Phi) is 9.47. The van der Waals surface area contributed by atoms with Gasteiger partial charge in [-0.25, -0.2) is 18.4 Å². The Morgan fingerprint density at radius 3 is 1.84 bits per heavy atom. The number of alkyl halides is 9. The van der Waals surface area contributed by atoms with E-state index in [1.54, 1.807) is 0 Å². The summed E-state index contributed by atoms with van der Waals surface area (Å²) in [6, 6.07) is 5.93. The first kappa shape index (κ1) is 36.9. The number of halogens is 11. The molecule has 1 heterocycles. The minimum Gasteiger partial charge on any atom is -0.496 e. The van der Waals surface area contributed by atoms with Crippen LogP contribution in [0, 0.1) is 11.6 Å². The molecule has 1 amide bonds. The quantitative estimate of drug-likeness (QED) is 0.192. The van der Waals surface area contributed by atoms with Gasteiger partial charge < -0.3 is 14.6 Å². The fourth-order valence-electron chi connectivity index (χ4n) is 5.66. The molecule has 1 saturated heterocycles. The lowest BCUT2D eigenvalue weighted by molar-refractivity contribution is -0.143. The van der Waals surface area contributed by atoms with Gasteiger partial charge in [-0.2, -0.15) is 39.5 Å². The highest BCUT2D eigenvalue weighted by Crippen LogP contribution is 2.44. The average molecular weight is 734 g/mol. The maximum atomic E-state index is 15.3. The third kappa shape index (κ3) is 7.42. The lowest BCUT2D eigenvalue weighted by Gasteiger charge is -2.24. The van der Waals surface area contributed by atoms with Crippen molar-refractivity contribution in [2.45, 2.75) is 44.1 Å². The zero-order valence-electron chi connectivity index (χ0n) is 25.9. The standard InChI is InChI=1S/C34H22F11NO5/c1-15-29(17-7-20(33(40,41)42)11-21(8-17)34(43,44)45)51-31(49)46(15)14-18-9-19(32(37,38)39)4-6-22(18)25-12-24(27(36)13-28(25)50-2)23-5-3-16(30(47)48)10-26(23)35/h3-13,15,29H,14H2,1-2H3,(H,47,48)/t15-,29-/m0/s1. The second-order valence-electron chi connectivity index (χ2n) is 11.4. The van der Waals surface area contributed by atoms with Crippen LogP contribution in [-0.4, -0.2) is 35.2 Å². The Bertz CT molecular complexity index is 1990. The molecule has 2 atom stereocenters. The van der Waals surface area contributed by atoms with Crippen molar-refractivity contribution >= 4 is 12.1 Å². The highest BCUT2D eigenvalue weighted by atomic mass is 19.4. The summed E-state index contributed by atoms with van der Waals surface area (Å²) in [6.07, 6.45) is -18.4. The summed E-state index contributed by atoms with van der Waals surface area (Å²) in [7, 11) is 1.10. The summed E-state index contributed by atoms with van der Waals surface area (Å²) in [5.41, 5.74) is -7.13. The van der Waals surface area contributed by atoms with Crippen molar-refractivity contribution in [1.29, 1.82) is 0 Å². The van der Waals surface area contributed by atoms with E-state index in [9.17, 15) is 49.1 Å². The summed E-state index contributed by atoms with van der Waals surface area (Å²) in [5, 5.41) is 9.16. The number of cyclic esters (lactones) is 1. The molecule has 0 unspecified atom stereocenters. The number of amides is 1. The molecule has 5 rings (SSSR count). The van der Waals surface area contributed by atoms with Gasteiger partial charge in [-0.1, -0.05) is 12.1 Å². The molecular formula is C34H22F11NO5. The van der Waals surface area contributed by atoms with Gasteiger partial charge in [0.05, 0.1) is 42.0 Å². The van der Waals surface area contributed by atoms with Gasteiger partial charge >= 0.3 is 30.6 Å². The molecule has 6 nitrogen and oxygen atoms in total. The highest BCUT2D eigenvalue weighted by Gasteiger charge is 2.44. The molecule has 1 N–H and O–H groups in total. The molecular weight excluding hydrogens is 711 g/mol. The van der Waals surface area contributed by atoms with Crippen LogP contribution in [0.1, 0.15) is 51.2 Å². The first-order chi connectivity index (χ1) is 23.6. The van der Waals surface area contributed by atoms with Gasteiger partial charge in [0.1, 0.15) is 23.5 Å². The lowest BCUT2D eigenvalue weighted by Crippen LogP contribution is -2.32. The van der Waals surface area contributed by atoms with E-state index in [-0.39, 0.29) is 28.5 Å². The van der Waals surface area contributed by atoms with E-state index in [0.717, 1.165) is 42.3 Å². The molecule has 17 heteroatoms. The normalized spacial score (nSPS) is 16.7. The van der Waals surface area contributed by atoms with Crippen LogP contribution in [0.5, 0.6) is 5.75 Å². The van der Waals surface area contributed by atoms with E-state index in [2.05, 4.69) is 0 Å². The van der Waals surface area contributed by atoms with Crippen LogP contribution in [0.15, 0.2) is 66.7 Å². The molecule has 1 fully saturated rings. The van der Waals surface area contributed by atoms with Gasteiger partial charge in [-0.15, -0.1) is 0 Å². The Morgan fingerprint density at radius 2 is 1.31 bits per heavy atom. The van der Waals surface area contributed by atoms with Crippen LogP contribution in [-0.2, 0) is 29.8 Å². The third-order valence-corrected chi connectivity index (χ3v) is 8.19. The van der Waals surface area contributed by atoms with Gasteiger partial charge in [0.25, 0.3) is 0 Å². The maximum absolute atomic E-state index is 15.3. The van der Waals surface area contributed by atoms with Crippen molar-refractivity contribution in [2.24, 2.45) is 0 Å². The van der Waals surface area contributed by atoms with Crippen LogP contribution in [0.25, 0.3) is 22.3 Å². The number of hydrogen-bond donors (Lipinski definition) is 1. The van der Waals surface area contributed by atoms with Crippen molar-refractivity contribution < 1.29 is 72.5 Å². The van der Waals surface area contributed by atoms with Crippen LogP contribution >= 0.6 is 0 Å². The molecule has 4 aromatic carbocycles. The summed E-state index contributed by atoms with van der Waals surface area (Å²) in [4.78, 5) is 25.1. The average Bonchev–Trinajstić information content (AvgIpc) is 3.31. The van der Waals surface area contributed by atoms with Crippen LogP contribution < -0.4 is 4.74 Å². The topological polar surface area (TPSA) is 76.1 Å². The molecule has 0 radical (unpaired) electrons. The number of nitrogens with zero attached hydrogens (tertiary/aromatic N) is 1. The zero-order chi connectivity index (χ0) is 37.8. The first-order valence-electron chi connectivity index (χ1n) is 14.5. The number of rotatable bonds is 7. The van der Waals surface area contributed by atoms with Crippen LogP contribution in [0.2, 0.25) is 0 Å². The predicted molar refractivity (Wildman–Crippen MR) is 156 cm³/mol. The molecule has 1 aliphatic heterocycles. The summed E-state index contributed by atoms with van der Waals surface area (Å²) in [5.74, 6) is -3.96. The Morgan fingerprint density at radius 1 is 0.745 bits per heavy atom.